The minimum atomic E-state index is -0.380. The Morgan fingerprint density at radius 1 is 1.62 bits per heavy atom. The van der Waals surface area contributed by atoms with E-state index in [9.17, 15) is 9.90 Å². The average molecular weight is 244 g/mol. The third-order valence-electron chi connectivity index (χ3n) is 2.36. The first kappa shape index (κ1) is 12.8. The standard InChI is InChI=1S/C11H14ClNO3/c1-16-10(15)5-7(6-13)11-8(12)3-2-4-9(11)14/h2-4,7,14H,5-6,13H2,1H3. The number of rotatable bonds is 4. The summed E-state index contributed by atoms with van der Waals surface area (Å²) < 4.78 is 4.56. The molecule has 0 aliphatic carbocycles. The fourth-order valence-electron chi connectivity index (χ4n) is 1.52. The van der Waals surface area contributed by atoms with Gasteiger partial charge in [0.2, 0.25) is 0 Å². The monoisotopic (exact) mass is 243 g/mol. The van der Waals surface area contributed by atoms with Crippen LogP contribution >= 0.6 is 11.6 Å². The highest BCUT2D eigenvalue weighted by Gasteiger charge is 2.20. The second-order valence-electron chi connectivity index (χ2n) is 3.39. The number of halogens is 1. The van der Waals surface area contributed by atoms with Gasteiger partial charge in [-0.3, -0.25) is 4.79 Å². The molecule has 0 fully saturated rings. The van der Waals surface area contributed by atoms with Gasteiger partial charge in [-0.1, -0.05) is 17.7 Å². The van der Waals surface area contributed by atoms with E-state index in [0.29, 0.717) is 10.6 Å². The maximum atomic E-state index is 11.2. The van der Waals surface area contributed by atoms with Gasteiger partial charge in [-0.2, -0.15) is 0 Å². The predicted octanol–water partition coefficient (Wildman–Crippen LogP) is 1.65. The van der Waals surface area contributed by atoms with E-state index >= 15 is 0 Å². The van der Waals surface area contributed by atoms with Crippen molar-refractivity contribution in [2.24, 2.45) is 5.73 Å². The molecule has 4 nitrogen and oxygen atoms in total. The van der Waals surface area contributed by atoms with Gasteiger partial charge in [0.25, 0.3) is 0 Å². The first-order valence-electron chi connectivity index (χ1n) is 4.84. The number of hydrogen-bond acceptors (Lipinski definition) is 4. The SMILES string of the molecule is COC(=O)CC(CN)c1c(O)cccc1Cl. The van der Waals surface area contributed by atoms with E-state index in [1.807, 2.05) is 0 Å². The van der Waals surface area contributed by atoms with Crippen molar-refractivity contribution in [2.45, 2.75) is 12.3 Å². The number of hydrogen-bond donors (Lipinski definition) is 2. The molecule has 0 heterocycles. The van der Waals surface area contributed by atoms with Gasteiger partial charge in [-0.05, 0) is 18.7 Å². The van der Waals surface area contributed by atoms with E-state index in [1.54, 1.807) is 12.1 Å². The number of aromatic hydroxyl groups is 1. The van der Waals surface area contributed by atoms with Crippen LogP contribution in [0.15, 0.2) is 18.2 Å². The van der Waals surface area contributed by atoms with E-state index in [1.165, 1.54) is 13.2 Å². The zero-order chi connectivity index (χ0) is 12.1. The summed E-state index contributed by atoms with van der Waals surface area (Å²) in [4.78, 5) is 11.2. The molecule has 5 heteroatoms. The number of methoxy groups -OCH3 is 1. The molecule has 1 atom stereocenters. The van der Waals surface area contributed by atoms with Crippen LogP contribution in [-0.4, -0.2) is 24.7 Å². The van der Waals surface area contributed by atoms with Crippen LogP contribution in [0.1, 0.15) is 17.9 Å². The summed E-state index contributed by atoms with van der Waals surface area (Å²) in [5, 5.41) is 10.1. The Bertz CT molecular complexity index is 361. The molecule has 0 aromatic heterocycles. The zero-order valence-electron chi connectivity index (χ0n) is 8.94. The molecule has 0 spiro atoms. The Morgan fingerprint density at radius 3 is 2.81 bits per heavy atom. The van der Waals surface area contributed by atoms with E-state index in [-0.39, 0.29) is 30.6 Å². The highest BCUT2D eigenvalue weighted by Crippen LogP contribution is 2.33. The maximum absolute atomic E-state index is 11.2. The van der Waals surface area contributed by atoms with Crippen molar-refractivity contribution in [3.63, 3.8) is 0 Å². The minimum Gasteiger partial charge on any atom is -0.508 e. The number of carbonyl (C=O) groups is 1. The average Bonchev–Trinajstić information content (AvgIpc) is 2.27. The molecule has 0 amide bonds. The van der Waals surface area contributed by atoms with Gasteiger partial charge in [0.15, 0.2) is 0 Å². The molecule has 1 aromatic rings. The lowest BCUT2D eigenvalue weighted by Gasteiger charge is -2.16. The molecular formula is C11H14ClNO3. The zero-order valence-corrected chi connectivity index (χ0v) is 9.70. The Hall–Kier alpha value is -1.26. The quantitative estimate of drug-likeness (QED) is 0.789. The van der Waals surface area contributed by atoms with Gasteiger partial charge in [0.05, 0.1) is 13.5 Å². The lowest BCUT2D eigenvalue weighted by molar-refractivity contribution is -0.141. The first-order valence-corrected chi connectivity index (χ1v) is 5.22. The molecule has 88 valence electrons. The minimum absolute atomic E-state index is 0.0480. The van der Waals surface area contributed by atoms with Crippen molar-refractivity contribution >= 4 is 17.6 Å². The molecule has 0 bridgehead atoms. The topological polar surface area (TPSA) is 72.5 Å². The summed E-state index contributed by atoms with van der Waals surface area (Å²) in [6.07, 6.45) is 0.101. The Kier molecular flexibility index (Phi) is 4.58. The van der Waals surface area contributed by atoms with Crippen LogP contribution in [0, 0.1) is 0 Å². The van der Waals surface area contributed by atoms with Crippen molar-refractivity contribution in [1.29, 1.82) is 0 Å². The highest BCUT2D eigenvalue weighted by atomic mass is 35.5. The summed E-state index contributed by atoms with van der Waals surface area (Å²) >= 11 is 5.96. The summed E-state index contributed by atoms with van der Waals surface area (Å²) in [5.41, 5.74) is 6.07. The third kappa shape index (κ3) is 2.87. The molecule has 0 saturated carbocycles. The molecule has 1 unspecified atom stereocenters. The molecule has 16 heavy (non-hydrogen) atoms. The van der Waals surface area contributed by atoms with E-state index < -0.39 is 0 Å². The molecule has 0 aliphatic heterocycles. The van der Waals surface area contributed by atoms with E-state index in [0.717, 1.165) is 0 Å². The van der Waals surface area contributed by atoms with Crippen LogP contribution < -0.4 is 5.73 Å². The fourth-order valence-corrected chi connectivity index (χ4v) is 1.84. The number of nitrogens with two attached hydrogens (primary N) is 1. The first-order chi connectivity index (χ1) is 7.60. The second-order valence-corrected chi connectivity index (χ2v) is 3.79. The van der Waals surface area contributed by atoms with Crippen LogP contribution in [0.25, 0.3) is 0 Å². The Labute approximate surface area is 99.0 Å². The largest absolute Gasteiger partial charge is 0.508 e. The number of ether oxygens (including phenoxy) is 1. The molecule has 0 saturated heterocycles. The molecule has 1 aromatic carbocycles. The van der Waals surface area contributed by atoms with Crippen molar-refractivity contribution in [3.8, 4) is 5.75 Å². The Morgan fingerprint density at radius 2 is 2.31 bits per heavy atom. The van der Waals surface area contributed by atoms with Gasteiger partial charge in [0.1, 0.15) is 5.75 Å². The van der Waals surface area contributed by atoms with Crippen LogP contribution in [0.4, 0.5) is 0 Å². The van der Waals surface area contributed by atoms with Gasteiger partial charge >= 0.3 is 5.97 Å². The Balaban J connectivity index is 2.99. The van der Waals surface area contributed by atoms with Crippen LogP contribution in [0.5, 0.6) is 5.75 Å². The third-order valence-corrected chi connectivity index (χ3v) is 2.69. The van der Waals surface area contributed by atoms with Gasteiger partial charge in [-0.25, -0.2) is 0 Å². The molecule has 1 rings (SSSR count). The normalized spacial score (nSPS) is 12.2. The van der Waals surface area contributed by atoms with E-state index in [2.05, 4.69) is 4.74 Å². The van der Waals surface area contributed by atoms with Crippen molar-refractivity contribution in [1.82, 2.24) is 0 Å². The number of esters is 1. The van der Waals surface area contributed by atoms with Crippen molar-refractivity contribution < 1.29 is 14.6 Å². The smallest absolute Gasteiger partial charge is 0.306 e. The van der Waals surface area contributed by atoms with Gasteiger partial charge in [-0.15, -0.1) is 0 Å². The second kappa shape index (κ2) is 5.72. The van der Waals surface area contributed by atoms with Crippen LogP contribution in [0.2, 0.25) is 5.02 Å². The highest BCUT2D eigenvalue weighted by molar-refractivity contribution is 6.31. The lowest BCUT2D eigenvalue weighted by Crippen LogP contribution is -2.17. The van der Waals surface area contributed by atoms with Gasteiger partial charge in [0, 0.05) is 16.5 Å². The van der Waals surface area contributed by atoms with Gasteiger partial charge < -0.3 is 15.6 Å². The van der Waals surface area contributed by atoms with E-state index in [4.69, 9.17) is 17.3 Å². The number of phenols is 1. The molecular weight excluding hydrogens is 230 g/mol. The lowest BCUT2D eigenvalue weighted by atomic mass is 9.95. The summed E-state index contributed by atoms with van der Waals surface area (Å²) in [6, 6.07) is 4.80. The van der Waals surface area contributed by atoms with Crippen LogP contribution in [-0.2, 0) is 9.53 Å². The van der Waals surface area contributed by atoms with Crippen molar-refractivity contribution in [2.75, 3.05) is 13.7 Å². The fraction of sp³-hybridized carbons (Fsp3) is 0.364. The summed E-state index contributed by atoms with van der Waals surface area (Å²) in [7, 11) is 1.31. The number of phenolic OH excluding ortho intramolecular Hbond substituents is 1. The summed E-state index contributed by atoms with van der Waals surface area (Å²) in [6.45, 7) is 0.215. The predicted molar refractivity (Wildman–Crippen MR) is 61.5 cm³/mol. The number of benzene rings is 1. The summed E-state index contributed by atoms with van der Waals surface area (Å²) in [5.74, 6) is -0.664. The molecule has 0 radical (unpaired) electrons. The number of carbonyl (C=O) groups excluding carboxylic acids is 1. The van der Waals surface area contributed by atoms with Crippen molar-refractivity contribution in [3.05, 3.63) is 28.8 Å². The molecule has 0 aliphatic rings. The van der Waals surface area contributed by atoms with Crippen LogP contribution in [0.3, 0.4) is 0 Å². The maximum Gasteiger partial charge on any atom is 0.306 e. The molecule has 3 N–H and O–H groups in total.